The minimum Gasteiger partial charge on any atom is -0.481 e. The Morgan fingerprint density at radius 3 is 2.47 bits per heavy atom. The van der Waals surface area contributed by atoms with Crippen molar-refractivity contribution in [3.8, 4) is 0 Å². The van der Waals surface area contributed by atoms with Crippen LogP contribution in [0, 0.1) is 0 Å². The van der Waals surface area contributed by atoms with E-state index in [2.05, 4.69) is 6.58 Å². The van der Waals surface area contributed by atoms with Crippen LogP contribution in [0.15, 0.2) is 12.7 Å². The van der Waals surface area contributed by atoms with Gasteiger partial charge in [-0.1, -0.05) is 40.9 Å². The Bertz CT molecular complexity index is 225. The quantitative estimate of drug-likeness (QED) is 0.598. The minimum atomic E-state index is -1.58. The van der Waals surface area contributed by atoms with Crippen LogP contribution in [-0.4, -0.2) is 27.1 Å². The van der Waals surface area contributed by atoms with Gasteiger partial charge in [0.15, 0.2) is 0 Å². The molecule has 2 unspecified atom stereocenters. The van der Waals surface area contributed by atoms with E-state index in [1.807, 2.05) is 0 Å². The zero-order valence-electron chi connectivity index (χ0n) is 8.25. The van der Waals surface area contributed by atoms with Crippen molar-refractivity contribution in [1.82, 2.24) is 0 Å². The summed E-state index contributed by atoms with van der Waals surface area (Å²) < 4.78 is 3.74. The first kappa shape index (κ1) is 15.0. The Kier molecular flexibility index (Phi) is 6.60. The normalized spacial score (nSPS) is 15.7. The SMILES string of the molecule is C=CCC(OC(C)CC(=O)O)C(Cl)(Cl)Cl. The van der Waals surface area contributed by atoms with Crippen molar-refractivity contribution < 1.29 is 14.6 Å². The Labute approximate surface area is 104 Å². The number of halogens is 3. The standard InChI is InChI=1S/C9H13Cl3O3/c1-3-4-7(9(10,11)12)15-6(2)5-8(13)14/h3,6-7H,1,4-5H2,2H3,(H,13,14). The molecule has 0 spiro atoms. The zero-order chi connectivity index (χ0) is 12.1. The molecule has 0 fully saturated rings. The molecule has 3 nitrogen and oxygen atoms in total. The van der Waals surface area contributed by atoms with E-state index in [1.165, 1.54) is 0 Å². The largest absolute Gasteiger partial charge is 0.481 e. The predicted molar refractivity (Wildman–Crippen MR) is 61.7 cm³/mol. The van der Waals surface area contributed by atoms with Crippen molar-refractivity contribution in [2.45, 2.75) is 35.8 Å². The first-order valence-electron chi connectivity index (χ1n) is 4.32. The van der Waals surface area contributed by atoms with E-state index in [9.17, 15) is 4.79 Å². The molecule has 0 aromatic rings. The minimum absolute atomic E-state index is 0.131. The fourth-order valence-electron chi connectivity index (χ4n) is 0.992. The molecule has 0 aliphatic heterocycles. The van der Waals surface area contributed by atoms with Gasteiger partial charge >= 0.3 is 5.97 Å². The molecule has 6 heteroatoms. The molecule has 1 N–H and O–H groups in total. The van der Waals surface area contributed by atoms with Crippen LogP contribution >= 0.6 is 34.8 Å². The molecule has 0 saturated heterocycles. The highest BCUT2D eigenvalue weighted by Gasteiger charge is 2.33. The summed E-state index contributed by atoms with van der Waals surface area (Å²) >= 11 is 17.0. The molecule has 88 valence electrons. The highest BCUT2D eigenvalue weighted by Crippen LogP contribution is 2.35. The number of carboxylic acid groups (broad SMARTS) is 1. The van der Waals surface area contributed by atoms with E-state index in [-0.39, 0.29) is 6.42 Å². The van der Waals surface area contributed by atoms with Crippen molar-refractivity contribution >= 4 is 40.8 Å². The molecule has 2 atom stereocenters. The highest BCUT2D eigenvalue weighted by molar-refractivity contribution is 6.68. The maximum atomic E-state index is 10.4. The van der Waals surface area contributed by atoms with Crippen LogP contribution in [0.1, 0.15) is 19.8 Å². The average Bonchev–Trinajstić information content (AvgIpc) is 2.00. The van der Waals surface area contributed by atoms with Crippen LogP contribution < -0.4 is 0 Å². The number of alkyl halides is 3. The van der Waals surface area contributed by atoms with Gasteiger partial charge in [0.2, 0.25) is 3.79 Å². The number of ether oxygens (including phenoxy) is 1. The van der Waals surface area contributed by atoms with Gasteiger partial charge in [0, 0.05) is 0 Å². The van der Waals surface area contributed by atoms with Crippen LogP contribution in [0.5, 0.6) is 0 Å². The second-order valence-corrected chi connectivity index (χ2v) is 5.47. The topological polar surface area (TPSA) is 46.5 Å². The van der Waals surface area contributed by atoms with Gasteiger partial charge in [-0.3, -0.25) is 4.79 Å². The van der Waals surface area contributed by atoms with Gasteiger partial charge in [-0.2, -0.15) is 0 Å². The van der Waals surface area contributed by atoms with Crippen molar-refractivity contribution in [2.24, 2.45) is 0 Å². The van der Waals surface area contributed by atoms with Crippen molar-refractivity contribution in [3.63, 3.8) is 0 Å². The van der Waals surface area contributed by atoms with Gasteiger partial charge in [0.25, 0.3) is 0 Å². The van der Waals surface area contributed by atoms with E-state index in [0.717, 1.165) is 0 Å². The van der Waals surface area contributed by atoms with E-state index >= 15 is 0 Å². The van der Waals surface area contributed by atoms with Crippen LogP contribution in [0.2, 0.25) is 0 Å². The van der Waals surface area contributed by atoms with E-state index in [0.29, 0.717) is 6.42 Å². The molecule has 0 amide bonds. The molecule has 0 rings (SSSR count). The molecule has 0 heterocycles. The molecular formula is C9H13Cl3O3. The summed E-state index contributed by atoms with van der Waals surface area (Å²) in [6, 6.07) is 0. The third kappa shape index (κ3) is 7.01. The lowest BCUT2D eigenvalue weighted by Gasteiger charge is -2.26. The van der Waals surface area contributed by atoms with Gasteiger partial charge in [-0.15, -0.1) is 6.58 Å². The molecule has 15 heavy (non-hydrogen) atoms. The highest BCUT2D eigenvalue weighted by atomic mass is 35.6. The Balaban J connectivity index is 4.28. The Morgan fingerprint density at radius 1 is 1.60 bits per heavy atom. The summed E-state index contributed by atoms with van der Waals surface area (Å²) in [4.78, 5) is 10.4. The predicted octanol–water partition coefficient (Wildman–Crippen LogP) is 3.18. The van der Waals surface area contributed by atoms with Gasteiger partial charge in [0.1, 0.15) is 6.10 Å². The number of carbonyl (C=O) groups is 1. The number of rotatable bonds is 6. The maximum Gasteiger partial charge on any atom is 0.305 e. The summed E-state index contributed by atoms with van der Waals surface area (Å²) in [5, 5.41) is 8.53. The van der Waals surface area contributed by atoms with Crippen LogP contribution in [0.3, 0.4) is 0 Å². The lowest BCUT2D eigenvalue weighted by molar-refractivity contribution is -0.140. The first-order chi connectivity index (χ1) is 6.77. The van der Waals surface area contributed by atoms with Crippen molar-refractivity contribution in [3.05, 3.63) is 12.7 Å². The monoisotopic (exact) mass is 274 g/mol. The summed E-state index contributed by atoms with van der Waals surface area (Å²) in [6.45, 7) is 5.12. The summed E-state index contributed by atoms with van der Waals surface area (Å²) in [5.41, 5.74) is 0. The second kappa shape index (κ2) is 6.59. The molecule has 0 bridgehead atoms. The molecule has 0 aliphatic rings. The molecule has 0 aromatic carbocycles. The van der Waals surface area contributed by atoms with E-state index < -0.39 is 22.0 Å². The molecule has 0 aromatic heterocycles. The van der Waals surface area contributed by atoms with Gasteiger partial charge < -0.3 is 9.84 Å². The second-order valence-electron chi connectivity index (χ2n) is 3.10. The molecule has 0 radical (unpaired) electrons. The average molecular weight is 276 g/mol. The Morgan fingerprint density at radius 2 is 2.13 bits per heavy atom. The van der Waals surface area contributed by atoms with Crippen molar-refractivity contribution in [2.75, 3.05) is 0 Å². The maximum absolute atomic E-state index is 10.4. The fraction of sp³-hybridized carbons (Fsp3) is 0.667. The number of hydrogen-bond donors (Lipinski definition) is 1. The van der Waals surface area contributed by atoms with Gasteiger partial charge in [0.05, 0.1) is 12.5 Å². The summed E-state index contributed by atoms with van der Waals surface area (Å²) in [6.07, 6.45) is 0.576. The first-order valence-corrected chi connectivity index (χ1v) is 5.45. The van der Waals surface area contributed by atoms with E-state index in [4.69, 9.17) is 44.6 Å². The molecular weight excluding hydrogens is 262 g/mol. The van der Waals surface area contributed by atoms with Crippen LogP contribution in [0.4, 0.5) is 0 Å². The van der Waals surface area contributed by atoms with Crippen LogP contribution in [-0.2, 0) is 9.53 Å². The van der Waals surface area contributed by atoms with Gasteiger partial charge in [-0.05, 0) is 13.3 Å². The zero-order valence-corrected chi connectivity index (χ0v) is 10.5. The molecule has 0 saturated carbocycles. The van der Waals surface area contributed by atoms with Crippen LogP contribution in [0.25, 0.3) is 0 Å². The number of hydrogen-bond acceptors (Lipinski definition) is 2. The third-order valence-electron chi connectivity index (χ3n) is 1.60. The summed E-state index contributed by atoms with van der Waals surface area (Å²) in [7, 11) is 0. The number of aliphatic carboxylic acids is 1. The molecule has 0 aliphatic carbocycles. The van der Waals surface area contributed by atoms with E-state index in [1.54, 1.807) is 13.0 Å². The third-order valence-corrected chi connectivity index (χ3v) is 2.33. The van der Waals surface area contributed by atoms with Gasteiger partial charge in [-0.25, -0.2) is 0 Å². The smallest absolute Gasteiger partial charge is 0.305 e. The lowest BCUT2D eigenvalue weighted by Crippen LogP contribution is -2.32. The fourth-order valence-corrected chi connectivity index (χ4v) is 1.41. The summed E-state index contributed by atoms with van der Waals surface area (Å²) in [5.74, 6) is -0.954. The lowest BCUT2D eigenvalue weighted by atomic mass is 10.2. The number of carboxylic acids is 1. The Hall–Kier alpha value is 0.0400. The van der Waals surface area contributed by atoms with Crippen molar-refractivity contribution in [1.29, 1.82) is 0 Å².